The van der Waals surface area contributed by atoms with Crippen molar-refractivity contribution in [2.45, 2.75) is 31.7 Å². The molecule has 0 amide bonds. The van der Waals surface area contributed by atoms with E-state index in [0.29, 0.717) is 6.61 Å². The number of carbonyl (C=O) groups is 1. The molecule has 78 valence electrons. The standard InChI is InChI=1S/C8H15NO2S.ClH/c1-4-11-7(10)6-5-12-8(2,3)9-6;/h6,9H,4-5H2,1-3H3;1H/t6-;/m0./s1. The van der Waals surface area contributed by atoms with Gasteiger partial charge in [0.2, 0.25) is 0 Å². The highest BCUT2D eigenvalue weighted by atomic mass is 35.5. The summed E-state index contributed by atoms with van der Waals surface area (Å²) in [6.45, 7) is 6.42. The number of hydrogen-bond donors (Lipinski definition) is 1. The number of thioether (sulfide) groups is 1. The van der Waals surface area contributed by atoms with E-state index in [0.717, 1.165) is 5.75 Å². The Balaban J connectivity index is 0.00000144. The summed E-state index contributed by atoms with van der Waals surface area (Å²) in [6, 6.07) is -0.120. The van der Waals surface area contributed by atoms with Gasteiger partial charge in [0.25, 0.3) is 0 Å². The lowest BCUT2D eigenvalue weighted by Crippen LogP contribution is -2.42. The van der Waals surface area contributed by atoms with Gasteiger partial charge in [0, 0.05) is 5.75 Å². The zero-order valence-corrected chi connectivity index (χ0v) is 9.76. The van der Waals surface area contributed by atoms with Crippen LogP contribution in [-0.4, -0.2) is 29.2 Å². The third kappa shape index (κ3) is 3.75. The predicted octanol–water partition coefficient (Wildman–Crippen LogP) is 1.41. The topological polar surface area (TPSA) is 38.3 Å². The normalized spacial score (nSPS) is 25.0. The molecular formula is C8H16ClNO2S. The molecule has 13 heavy (non-hydrogen) atoms. The third-order valence-corrected chi connectivity index (χ3v) is 3.04. The zero-order chi connectivity index (χ0) is 9.19. The van der Waals surface area contributed by atoms with Gasteiger partial charge in [-0.05, 0) is 20.8 Å². The van der Waals surface area contributed by atoms with Crippen LogP contribution < -0.4 is 5.32 Å². The molecule has 0 aromatic rings. The van der Waals surface area contributed by atoms with Crippen molar-refractivity contribution in [3.8, 4) is 0 Å². The first-order valence-corrected chi connectivity index (χ1v) is 5.12. The first-order chi connectivity index (χ1) is 5.55. The minimum absolute atomic E-state index is 0. The van der Waals surface area contributed by atoms with Gasteiger partial charge in [-0.2, -0.15) is 0 Å². The van der Waals surface area contributed by atoms with Gasteiger partial charge in [0.15, 0.2) is 0 Å². The van der Waals surface area contributed by atoms with Crippen molar-refractivity contribution in [3.05, 3.63) is 0 Å². The number of hydrogen-bond acceptors (Lipinski definition) is 4. The van der Waals surface area contributed by atoms with Crippen LogP contribution in [0.25, 0.3) is 0 Å². The summed E-state index contributed by atoms with van der Waals surface area (Å²) >= 11 is 1.75. The van der Waals surface area contributed by atoms with Gasteiger partial charge >= 0.3 is 5.97 Å². The lowest BCUT2D eigenvalue weighted by molar-refractivity contribution is -0.145. The van der Waals surface area contributed by atoms with E-state index in [1.165, 1.54) is 0 Å². The van der Waals surface area contributed by atoms with E-state index in [2.05, 4.69) is 19.2 Å². The summed E-state index contributed by atoms with van der Waals surface area (Å²) in [5.41, 5.74) is 0. The Kier molecular flexibility index (Phi) is 5.10. The van der Waals surface area contributed by atoms with Gasteiger partial charge < -0.3 is 4.74 Å². The van der Waals surface area contributed by atoms with E-state index in [9.17, 15) is 4.79 Å². The summed E-state index contributed by atoms with van der Waals surface area (Å²) in [7, 11) is 0. The molecule has 1 atom stereocenters. The van der Waals surface area contributed by atoms with E-state index in [-0.39, 0.29) is 29.3 Å². The minimum Gasteiger partial charge on any atom is -0.465 e. The average molecular weight is 226 g/mol. The fourth-order valence-electron chi connectivity index (χ4n) is 1.16. The van der Waals surface area contributed by atoms with Crippen molar-refractivity contribution in [1.29, 1.82) is 0 Å². The van der Waals surface area contributed by atoms with Gasteiger partial charge in [0.05, 0.1) is 11.5 Å². The Morgan fingerprint density at radius 2 is 2.31 bits per heavy atom. The smallest absolute Gasteiger partial charge is 0.324 e. The molecule has 1 aliphatic rings. The molecule has 1 aliphatic heterocycles. The summed E-state index contributed by atoms with van der Waals surface area (Å²) in [4.78, 5) is 11.2. The predicted molar refractivity (Wildman–Crippen MR) is 57.3 cm³/mol. The highest BCUT2D eigenvalue weighted by molar-refractivity contribution is 8.00. The molecule has 0 aromatic heterocycles. The van der Waals surface area contributed by atoms with Crippen LogP contribution in [0.1, 0.15) is 20.8 Å². The highest BCUT2D eigenvalue weighted by Gasteiger charge is 2.35. The summed E-state index contributed by atoms with van der Waals surface area (Å²) in [6.07, 6.45) is 0. The lowest BCUT2D eigenvalue weighted by atomic mass is 10.3. The van der Waals surface area contributed by atoms with Gasteiger partial charge in [0.1, 0.15) is 6.04 Å². The second-order valence-electron chi connectivity index (χ2n) is 3.27. The molecule has 1 rings (SSSR count). The van der Waals surface area contributed by atoms with E-state index in [1.54, 1.807) is 11.8 Å². The number of rotatable bonds is 2. The van der Waals surface area contributed by atoms with Crippen LogP contribution in [0.3, 0.4) is 0 Å². The molecule has 1 saturated heterocycles. The average Bonchev–Trinajstić information content (AvgIpc) is 2.31. The second kappa shape index (κ2) is 5.08. The fraction of sp³-hybridized carbons (Fsp3) is 0.875. The maximum Gasteiger partial charge on any atom is 0.324 e. The van der Waals surface area contributed by atoms with Crippen LogP contribution in [0.5, 0.6) is 0 Å². The maximum absolute atomic E-state index is 11.2. The monoisotopic (exact) mass is 225 g/mol. The van der Waals surface area contributed by atoms with Gasteiger partial charge in [-0.15, -0.1) is 24.2 Å². The first kappa shape index (κ1) is 13.1. The molecule has 0 spiro atoms. The fourth-order valence-corrected chi connectivity index (χ4v) is 2.19. The lowest BCUT2D eigenvalue weighted by Gasteiger charge is -2.17. The Hall–Kier alpha value is 0.0700. The first-order valence-electron chi connectivity index (χ1n) is 4.13. The third-order valence-electron chi connectivity index (χ3n) is 1.70. The number of carbonyl (C=O) groups excluding carboxylic acids is 1. The molecule has 1 heterocycles. The summed E-state index contributed by atoms with van der Waals surface area (Å²) < 4.78 is 4.90. The van der Waals surface area contributed by atoms with E-state index < -0.39 is 0 Å². The van der Waals surface area contributed by atoms with Gasteiger partial charge in [-0.1, -0.05) is 0 Å². The molecule has 1 N–H and O–H groups in total. The molecule has 5 heteroatoms. The van der Waals surface area contributed by atoms with Crippen LogP contribution in [0.4, 0.5) is 0 Å². The largest absolute Gasteiger partial charge is 0.465 e. The van der Waals surface area contributed by atoms with Crippen molar-refractivity contribution in [2.75, 3.05) is 12.4 Å². The number of nitrogens with one attached hydrogen (secondary N) is 1. The molecule has 3 nitrogen and oxygen atoms in total. The van der Waals surface area contributed by atoms with Gasteiger partial charge in [-0.25, -0.2) is 0 Å². The molecule has 0 aliphatic carbocycles. The quantitative estimate of drug-likeness (QED) is 0.722. The van der Waals surface area contributed by atoms with Crippen molar-refractivity contribution in [2.24, 2.45) is 0 Å². The maximum atomic E-state index is 11.2. The molecule has 0 saturated carbocycles. The summed E-state index contributed by atoms with van der Waals surface area (Å²) in [5.74, 6) is 0.682. The molecule has 0 bridgehead atoms. The molecule has 0 unspecified atom stereocenters. The van der Waals surface area contributed by atoms with Crippen LogP contribution in [0.2, 0.25) is 0 Å². The number of halogens is 1. The van der Waals surface area contributed by atoms with Crippen LogP contribution >= 0.6 is 24.2 Å². The number of esters is 1. The van der Waals surface area contributed by atoms with E-state index in [1.807, 2.05) is 6.92 Å². The molecule has 0 aromatic carbocycles. The second-order valence-corrected chi connectivity index (χ2v) is 4.91. The van der Waals surface area contributed by atoms with E-state index >= 15 is 0 Å². The molecule has 1 fully saturated rings. The van der Waals surface area contributed by atoms with Crippen molar-refractivity contribution in [1.82, 2.24) is 5.32 Å². The van der Waals surface area contributed by atoms with E-state index in [4.69, 9.17) is 4.74 Å². The highest BCUT2D eigenvalue weighted by Crippen LogP contribution is 2.29. The Bertz CT molecular complexity index is 187. The van der Waals surface area contributed by atoms with Crippen LogP contribution in [0, 0.1) is 0 Å². The van der Waals surface area contributed by atoms with Crippen LogP contribution in [0.15, 0.2) is 0 Å². The van der Waals surface area contributed by atoms with Crippen molar-refractivity contribution >= 4 is 30.1 Å². The van der Waals surface area contributed by atoms with Crippen molar-refractivity contribution in [3.63, 3.8) is 0 Å². The minimum atomic E-state index is -0.129. The molecule has 0 radical (unpaired) electrons. The SMILES string of the molecule is CCOC(=O)[C@@H]1CSC(C)(C)N1.Cl. The summed E-state index contributed by atoms with van der Waals surface area (Å²) in [5, 5.41) is 3.20. The Morgan fingerprint density at radius 3 is 2.69 bits per heavy atom. The molecular weight excluding hydrogens is 210 g/mol. The zero-order valence-electron chi connectivity index (χ0n) is 8.12. The Labute approximate surface area is 89.4 Å². The Morgan fingerprint density at radius 1 is 1.69 bits per heavy atom. The van der Waals surface area contributed by atoms with Crippen LogP contribution in [-0.2, 0) is 9.53 Å². The van der Waals surface area contributed by atoms with Crippen molar-refractivity contribution < 1.29 is 9.53 Å². The van der Waals surface area contributed by atoms with Gasteiger partial charge in [-0.3, -0.25) is 10.1 Å². The number of ether oxygens (including phenoxy) is 1.